The number of nitrogens with two attached hydrogens (primary N) is 1. The van der Waals surface area contributed by atoms with Crippen molar-refractivity contribution in [2.45, 2.75) is 20.4 Å². The average Bonchev–Trinajstić information content (AvgIpc) is 2.67. The molecule has 0 saturated carbocycles. The van der Waals surface area contributed by atoms with Crippen molar-refractivity contribution in [1.29, 1.82) is 0 Å². The highest BCUT2D eigenvalue weighted by Crippen LogP contribution is 2.25. The van der Waals surface area contributed by atoms with Crippen molar-refractivity contribution in [3.63, 3.8) is 0 Å². The third-order valence-corrected chi connectivity index (χ3v) is 2.72. The molecule has 1 aromatic heterocycles. The first kappa shape index (κ1) is 11.7. The SMILES string of the molecule is COc1cc(CN)ccc1-n1nc(C)cc1C. The molecule has 0 fully saturated rings. The summed E-state index contributed by atoms with van der Waals surface area (Å²) in [6, 6.07) is 7.97. The number of methoxy groups -OCH3 is 1. The number of nitrogens with zero attached hydrogens (tertiary/aromatic N) is 2. The summed E-state index contributed by atoms with van der Waals surface area (Å²) in [6.45, 7) is 4.51. The Hall–Kier alpha value is -1.81. The largest absolute Gasteiger partial charge is 0.494 e. The first-order valence-electron chi connectivity index (χ1n) is 5.56. The third-order valence-electron chi connectivity index (χ3n) is 2.72. The van der Waals surface area contributed by atoms with Gasteiger partial charge >= 0.3 is 0 Å². The van der Waals surface area contributed by atoms with Crippen molar-refractivity contribution in [3.8, 4) is 11.4 Å². The highest BCUT2D eigenvalue weighted by molar-refractivity contribution is 5.49. The zero-order valence-corrected chi connectivity index (χ0v) is 10.4. The average molecular weight is 231 g/mol. The molecule has 2 N–H and O–H groups in total. The van der Waals surface area contributed by atoms with Crippen molar-refractivity contribution < 1.29 is 4.74 Å². The fraction of sp³-hybridized carbons (Fsp3) is 0.308. The summed E-state index contributed by atoms with van der Waals surface area (Å²) in [4.78, 5) is 0. The number of aryl methyl sites for hydroxylation is 2. The number of benzene rings is 1. The van der Waals surface area contributed by atoms with Gasteiger partial charge in [-0.1, -0.05) is 6.07 Å². The zero-order chi connectivity index (χ0) is 12.4. The fourth-order valence-electron chi connectivity index (χ4n) is 1.90. The monoisotopic (exact) mass is 231 g/mol. The predicted octanol–water partition coefficient (Wildman–Crippen LogP) is 1.96. The molecule has 0 spiro atoms. The standard InChI is InChI=1S/C13H17N3O/c1-9-6-10(2)16(15-9)12-5-4-11(8-14)7-13(12)17-3/h4-7H,8,14H2,1-3H3. The minimum absolute atomic E-state index is 0.508. The lowest BCUT2D eigenvalue weighted by atomic mass is 10.2. The summed E-state index contributed by atoms with van der Waals surface area (Å²) < 4.78 is 7.27. The van der Waals surface area contributed by atoms with Crippen LogP contribution < -0.4 is 10.5 Å². The summed E-state index contributed by atoms with van der Waals surface area (Å²) in [7, 11) is 1.66. The Labute approximate surface area is 101 Å². The van der Waals surface area contributed by atoms with Gasteiger partial charge in [0.25, 0.3) is 0 Å². The maximum atomic E-state index is 5.62. The van der Waals surface area contributed by atoms with Crippen LogP contribution in [0.3, 0.4) is 0 Å². The van der Waals surface area contributed by atoms with E-state index < -0.39 is 0 Å². The number of hydrogen-bond donors (Lipinski definition) is 1. The Kier molecular flexibility index (Phi) is 3.15. The van der Waals surface area contributed by atoms with E-state index in [1.807, 2.05) is 42.8 Å². The predicted molar refractivity (Wildman–Crippen MR) is 67.5 cm³/mol. The molecule has 0 amide bonds. The molecule has 1 heterocycles. The summed E-state index contributed by atoms with van der Waals surface area (Å²) in [5.74, 6) is 0.791. The first-order valence-corrected chi connectivity index (χ1v) is 5.56. The van der Waals surface area contributed by atoms with Gasteiger partial charge in [0, 0.05) is 12.2 Å². The van der Waals surface area contributed by atoms with Gasteiger partial charge in [0.1, 0.15) is 11.4 Å². The van der Waals surface area contributed by atoms with Gasteiger partial charge < -0.3 is 10.5 Å². The van der Waals surface area contributed by atoms with Crippen molar-refractivity contribution in [2.24, 2.45) is 5.73 Å². The molecule has 2 aromatic rings. The second-order valence-corrected chi connectivity index (χ2v) is 4.05. The van der Waals surface area contributed by atoms with Gasteiger partial charge in [-0.05, 0) is 37.6 Å². The van der Waals surface area contributed by atoms with Gasteiger partial charge in [-0.3, -0.25) is 0 Å². The van der Waals surface area contributed by atoms with Crippen LogP contribution in [0.15, 0.2) is 24.3 Å². The summed E-state index contributed by atoms with van der Waals surface area (Å²) in [6.07, 6.45) is 0. The fourth-order valence-corrected chi connectivity index (χ4v) is 1.90. The van der Waals surface area contributed by atoms with Gasteiger partial charge in [0.2, 0.25) is 0 Å². The van der Waals surface area contributed by atoms with E-state index >= 15 is 0 Å². The van der Waals surface area contributed by atoms with Crippen LogP contribution in [-0.2, 0) is 6.54 Å². The number of ether oxygens (including phenoxy) is 1. The van der Waals surface area contributed by atoms with E-state index in [0.29, 0.717) is 6.54 Å². The Morgan fingerprint density at radius 3 is 2.59 bits per heavy atom. The minimum Gasteiger partial charge on any atom is -0.494 e. The van der Waals surface area contributed by atoms with Crippen LogP contribution in [0.1, 0.15) is 17.0 Å². The molecule has 90 valence electrons. The Bertz CT molecular complexity index is 531. The van der Waals surface area contributed by atoms with E-state index in [9.17, 15) is 0 Å². The molecule has 4 heteroatoms. The molecule has 0 aliphatic carbocycles. The highest BCUT2D eigenvalue weighted by Gasteiger charge is 2.09. The maximum Gasteiger partial charge on any atom is 0.144 e. The maximum absolute atomic E-state index is 5.62. The molecule has 0 saturated heterocycles. The molecule has 4 nitrogen and oxygen atoms in total. The van der Waals surface area contributed by atoms with E-state index in [0.717, 1.165) is 28.4 Å². The van der Waals surface area contributed by atoms with Crippen molar-refractivity contribution >= 4 is 0 Å². The van der Waals surface area contributed by atoms with Crippen molar-refractivity contribution in [1.82, 2.24) is 9.78 Å². The molecule has 0 bridgehead atoms. The quantitative estimate of drug-likeness (QED) is 0.878. The molecule has 0 radical (unpaired) electrons. The first-order chi connectivity index (χ1) is 8.15. The normalized spacial score (nSPS) is 10.6. The highest BCUT2D eigenvalue weighted by atomic mass is 16.5. The second-order valence-electron chi connectivity index (χ2n) is 4.05. The Balaban J connectivity index is 2.55. The minimum atomic E-state index is 0.508. The van der Waals surface area contributed by atoms with Crippen molar-refractivity contribution in [3.05, 3.63) is 41.2 Å². The van der Waals surface area contributed by atoms with Crippen LogP contribution in [0.4, 0.5) is 0 Å². The molecule has 0 unspecified atom stereocenters. The lowest BCUT2D eigenvalue weighted by molar-refractivity contribution is 0.411. The summed E-state index contributed by atoms with van der Waals surface area (Å²) in [5, 5.41) is 4.45. The molecule has 0 aliphatic rings. The van der Waals surface area contributed by atoms with Crippen molar-refractivity contribution in [2.75, 3.05) is 7.11 Å². The molecule has 17 heavy (non-hydrogen) atoms. The molecular formula is C13H17N3O. The number of aromatic nitrogens is 2. The van der Waals surface area contributed by atoms with Crippen LogP contribution in [0, 0.1) is 13.8 Å². The van der Waals surface area contributed by atoms with E-state index in [1.165, 1.54) is 0 Å². The lowest BCUT2D eigenvalue weighted by Gasteiger charge is -2.11. The van der Waals surface area contributed by atoms with Gasteiger partial charge in [-0.2, -0.15) is 5.10 Å². The van der Waals surface area contributed by atoms with Crippen LogP contribution in [0.2, 0.25) is 0 Å². The lowest BCUT2D eigenvalue weighted by Crippen LogP contribution is -2.04. The van der Waals surface area contributed by atoms with Gasteiger partial charge in [0.05, 0.1) is 12.8 Å². The molecule has 0 atom stereocenters. The topological polar surface area (TPSA) is 53.1 Å². The van der Waals surface area contributed by atoms with Gasteiger partial charge in [0.15, 0.2) is 0 Å². The van der Waals surface area contributed by atoms with Crippen LogP contribution in [0.5, 0.6) is 5.75 Å². The van der Waals surface area contributed by atoms with Crippen LogP contribution in [0.25, 0.3) is 5.69 Å². The number of hydrogen-bond acceptors (Lipinski definition) is 3. The van der Waals surface area contributed by atoms with Crippen LogP contribution >= 0.6 is 0 Å². The molecule has 0 aliphatic heterocycles. The second kappa shape index (κ2) is 4.59. The Morgan fingerprint density at radius 1 is 1.29 bits per heavy atom. The molecule has 2 rings (SSSR count). The molecule has 1 aromatic carbocycles. The summed E-state index contributed by atoms with van der Waals surface area (Å²) in [5.41, 5.74) is 9.68. The van der Waals surface area contributed by atoms with E-state index in [-0.39, 0.29) is 0 Å². The van der Waals surface area contributed by atoms with E-state index in [4.69, 9.17) is 10.5 Å². The van der Waals surface area contributed by atoms with Crippen LogP contribution in [-0.4, -0.2) is 16.9 Å². The van der Waals surface area contributed by atoms with Gasteiger partial charge in [-0.15, -0.1) is 0 Å². The summed E-state index contributed by atoms with van der Waals surface area (Å²) >= 11 is 0. The number of rotatable bonds is 3. The smallest absolute Gasteiger partial charge is 0.144 e. The van der Waals surface area contributed by atoms with E-state index in [2.05, 4.69) is 5.10 Å². The zero-order valence-electron chi connectivity index (χ0n) is 10.4. The molecular weight excluding hydrogens is 214 g/mol. The van der Waals surface area contributed by atoms with E-state index in [1.54, 1.807) is 7.11 Å². The Morgan fingerprint density at radius 2 is 2.06 bits per heavy atom. The van der Waals surface area contributed by atoms with Gasteiger partial charge in [-0.25, -0.2) is 4.68 Å². The third kappa shape index (κ3) is 2.17.